The molecular weight excluding hydrogens is 278 g/mol. The van der Waals surface area contributed by atoms with Gasteiger partial charge in [0.05, 0.1) is 16.1 Å². The van der Waals surface area contributed by atoms with Crippen molar-refractivity contribution in [2.75, 3.05) is 12.4 Å². The molecule has 4 N–H and O–H groups in total. The lowest BCUT2D eigenvalue weighted by Crippen LogP contribution is -2.50. The molecule has 0 bridgehead atoms. The first kappa shape index (κ1) is 14.8. The van der Waals surface area contributed by atoms with E-state index >= 15 is 0 Å². The van der Waals surface area contributed by atoms with Crippen molar-refractivity contribution >= 4 is 29.1 Å². The Kier molecular flexibility index (Phi) is 4.01. The van der Waals surface area contributed by atoms with Crippen LogP contribution < -0.4 is 16.4 Å². The molecule has 0 radical (unpaired) electrons. The summed E-state index contributed by atoms with van der Waals surface area (Å²) in [7, 11) is 1.52. The van der Waals surface area contributed by atoms with Crippen LogP contribution in [0.4, 0.5) is 5.69 Å². The largest absolute Gasteiger partial charge is 0.355 e. The van der Waals surface area contributed by atoms with E-state index in [1.54, 1.807) is 25.1 Å². The molecular formula is C14H18ClN3O2. The van der Waals surface area contributed by atoms with Crippen molar-refractivity contribution in [1.29, 1.82) is 0 Å². The molecule has 6 heteroatoms. The van der Waals surface area contributed by atoms with E-state index < -0.39 is 5.54 Å². The molecule has 1 saturated carbocycles. The number of carbonyl (C=O) groups is 2. The van der Waals surface area contributed by atoms with Gasteiger partial charge in [0.1, 0.15) is 0 Å². The zero-order chi connectivity index (χ0) is 14.9. The quantitative estimate of drug-likeness (QED) is 0.791. The van der Waals surface area contributed by atoms with Crippen LogP contribution >= 0.6 is 11.6 Å². The van der Waals surface area contributed by atoms with Crippen molar-refractivity contribution in [2.24, 2.45) is 11.7 Å². The van der Waals surface area contributed by atoms with Gasteiger partial charge in [-0.25, -0.2) is 0 Å². The number of rotatable bonds is 4. The Bertz CT molecular complexity index is 553. The molecule has 1 aliphatic rings. The van der Waals surface area contributed by atoms with E-state index in [1.807, 2.05) is 0 Å². The molecule has 1 aromatic carbocycles. The van der Waals surface area contributed by atoms with Gasteiger partial charge in [-0.1, -0.05) is 11.6 Å². The number of nitrogens with two attached hydrogens (primary N) is 1. The molecule has 5 nitrogen and oxygen atoms in total. The van der Waals surface area contributed by atoms with Gasteiger partial charge in [-0.05, 0) is 43.9 Å². The third-order valence-electron chi connectivity index (χ3n) is 3.61. The minimum absolute atomic E-state index is 0.230. The van der Waals surface area contributed by atoms with Crippen LogP contribution in [0.25, 0.3) is 0 Å². The van der Waals surface area contributed by atoms with Crippen molar-refractivity contribution in [3.63, 3.8) is 0 Å². The molecule has 0 spiro atoms. The zero-order valence-corrected chi connectivity index (χ0v) is 12.3. The van der Waals surface area contributed by atoms with E-state index in [0.717, 1.165) is 12.8 Å². The number of nitrogens with one attached hydrogen (secondary N) is 2. The van der Waals surface area contributed by atoms with Crippen LogP contribution in [-0.2, 0) is 4.79 Å². The van der Waals surface area contributed by atoms with Crippen LogP contribution in [0.1, 0.15) is 30.1 Å². The van der Waals surface area contributed by atoms with Crippen molar-refractivity contribution in [2.45, 2.75) is 25.3 Å². The summed E-state index contributed by atoms with van der Waals surface area (Å²) >= 11 is 5.96. The average Bonchev–Trinajstić information content (AvgIpc) is 3.24. The average molecular weight is 296 g/mol. The molecule has 108 valence electrons. The summed E-state index contributed by atoms with van der Waals surface area (Å²) in [5, 5.41) is 5.58. The summed E-state index contributed by atoms with van der Waals surface area (Å²) in [5.74, 6) is -0.317. The number of anilines is 1. The number of hydrogen-bond acceptors (Lipinski definition) is 3. The van der Waals surface area contributed by atoms with Gasteiger partial charge in [0, 0.05) is 12.7 Å². The lowest BCUT2D eigenvalue weighted by Gasteiger charge is -2.23. The Balaban J connectivity index is 2.17. The molecule has 1 aromatic rings. The van der Waals surface area contributed by atoms with Gasteiger partial charge in [-0.3, -0.25) is 9.59 Å². The van der Waals surface area contributed by atoms with Gasteiger partial charge in [0.15, 0.2) is 0 Å². The first-order valence-corrected chi connectivity index (χ1v) is 6.86. The van der Waals surface area contributed by atoms with Crippen LogP contribution in [0, 0.1) is 5.92 Å². The topological polar surface area (TPSA) is 84.2 Å². The second-order valence-corrected chi connectivity index (χ2v) is 5.69. The highest BCUT2D eigenvalue weighted by molar-refractivity contribution is 6.34. The smallest absolute Gasteiger partial charge is 0.252 e. The van der Waals surface area contributed by atoms with E-state index in [4.69, 9.17) is 17.3 Å². The maximum absolute atomic E-state index is 12.2. The normalized spacial score (nSPS) is 17.2. The van der Waals surface area contributed by atoms with Crippen molar-refractivity contribution in [1.82, 2.24) is 5.32 Å². The number of halogens is 1. The highest BCUT2D eigenvalue weighted by atomic mass is 35.5. The third-order valence-corrected chi connectivity index (χ3v) is 3.94. The highest BCUT2D eigenvalue weighted by Crippen LogP contribution is 2.38. The SMILES string of the molecule is CNC(=O)c1cc(NC(=O)C(C)(N)C2CC2)ccc1Cl. The predicted molar refractivity (Wildman–Crippen MR) is 78.8 cm³/mol. The molecule has 2 rings (SSSR count). The first-order chi connectivity index (χ1) is 9.36. The summed E-state index contributed by atoms with van der Waals surface area (Å²) in [6.45, 7) is 1.73. The highest BCUT2D eigenvalue weighted by Gasteiger charge is 2.44. The Morgan fingerprint density at radius 1 is 1.40 bits per heavy atom. The monoisotopic (exact) mass is 295 g/mol. The molecule has 0 saturated heterocycles. The maximum Gasteiger partial charge on any atom is 0.252 e. The minimum atomic E-state index is -0.882. The molecule has 0 heterocycles. The summed E-state index contributed by atoms with van der Waals surface area (Å²) < 4.78 is 0. The second kappa shape index (κ2) is 5.42. The molecule has 2 amide bonds. The molecule has 1 fully saturated rings. The van der Waals surface area contributed by atoms with Crippen molar-refractivity contribution < 1.29 is 9.59 Å². The van der Waals surface area contributed by atoms with E-state index in [9.17, 15) is 9.59 Å². The molecule has 1 aliphatic carbocycles. The Labute approximate surface area is 122 Å². The van der Waals surface area contributed by atoms with Crippen LogP contribution in [0.15, 0.2) is 18.2 Å². The summed E-state index contributed by atoms with van der Waals surface area (Å²) in [6, 6.07) is 4.77. The van der Waals surface area contributed by atoms with Gasteiger partial charge in [-0.15, -0.1) is 0 Å². The van der Waals surface area contributed by atoms with E-state index in [1.165, 1.54) is 7.05 Å². The third kappa shape index (κ3) is 2.94. The Morgan fingerprint density at radius 2 is 2.05 bits per heavy atom. The molecule has 1 unspecified atom stereocenters. The van der Waals surface area contributed by atoms with Gasteiger partial charge in [-0.2, -0.15) is 0 Å². The molecule has 0 aliphatic heterocycles. The molecule has 20 heavy (non-hydrogen) atoms. The first-order valence-electron chi connectivity index (χ1n) is 6.48. The standard InChI is InChI=1S/C14H18ClN3O2/c1-14(16,8-3-4-8)13(20)18-9-5-6-11(15)10(7-9)12(19)17-2/h5-8H,3-4,16H2,1-2H3,(H,17,19)(H,18,20). The molecule has 1 atom stereocenters. The van der Waals surface area contributed by atoms with Crippen LogP contribution in [0.2, 0.25) is 5.02 Å². The molecule has 0 aromatic heterocycles. The Hall–Kier alpha value is -1.59. The minimum Gasteiger partial charge on any atom is -0.355 e. The summed E-state index contributed by atoms with van der Waals surface area (Å²) in [5.41, 5.74) is 5.99. The lowest BCUT2D eigenvalue weighted by molar-refractivity contribution is -0.121. The fourth-order valence-corrected chi connectivity index (χ4v) is 2.25. The van der Waals surface area contributed by atoms with Crippen molar-refractivity contribution in [3.05, 3.63) is 28.8 Å². The fourth-order valence-electron chi connectivity index (χ4n) is 2.05. The van der Waals surface area contributed by atoms with Crippen molar-refractivity contribution in [3.8, 4) is 0 Å². The summed E-state index contributed by atoms with van der Waals surface area (Å²) in [6.07, 6.45) is 1.95. The van der Waals surface area contributed by atoms with Gasteiger partial charge < -0.3 is 16.4 Å². The summed E-state index contributed by atoms with van der Waals surface area (Å²) in [4.78, 5) is 23.8. The number of amides is 2. The van der Waals surface area contributed by atoms with E-state index in [0.29, 0.717) is 16.3 Å². The van der Waals surface area contributed by atoms with Gasteiger partial charge in [0.25, 0.3) is 5.91 Å². The second-order valence-electron chi connectivity index (χ2n) is 5.28. The van der Waals surface area contributed by atoms with E-state index in [2.05, 4.69) is 10.6 Å². The predicted octanol–water partition coefficient (Wildman–Crippen LogP) is 1.77. The van der Waals surface area contributed by atoms with Gasteiger partial charge in [0.2, 0.25) is 5.91 Å². The van der Waals surface area contributed by atoms with E-state index in [-0.39, 0.29) is 17.7 Å². The van der Waals surface area contributed by atoms with Crippen LogP contribution in [-0.4, -0.2) is 24.4 Å². The number of hydrogen-bond donors (Lipinski definition) is 3. The van der Waals surface area contributed by atoms with Gasteiger partial charge >= 0.3 is 0 Å². The maximum atomic E-state index is 12.2. The fraction of sp³-hybridized carbons (Fsp3) is 0.429. The number of carbonyl (C=O) groups excluding carboxylic acids is 2. The van der Waals surface area contributed by atoms with Crippen LogP contribution in [0.5, 0.6) is 0 Å². The zero-order valence-electron chi connectivity index (χ0n) is 11.5. The van der Waals surface area contributed by atoms with Crippen LogP contribution in [0.3, 0.4) is 0 Å². The lowest BCUT2D eigenvalue weighted by atomic mass is 9.96. The number of benzene rings is 1. The Morgan fingerprint density at radius 3 is 2.60 bits per heavy atom.